The Morgan fingerprint density at radius 3 is 3.17 bits per heavy atom. The van der Waals surface area contributed by atoms with E-state index in [2.05, 4.69) is 20.2 Å². The zero-order chi connectivity index (χ0) is 12.8. The van der Waals surface area contributed by atoms with Gasteiger partial charge in [-0.25, -0.2) is 9.97 Å². The van der Waals surface area contributed by atoms with Crippen molar-refractivity contribution >= 4 is 17.4 Å². The lowest BCUT2D eigenvalue weighted by atomic mass is 10.2. The largest absolute Gasteiger partial charge is 0.383 e. The lowest BCUT2D eigenvalue weighted by molar-refractivity contribution is 0.204. The normalized spacial score (nSPS) is 19.1. The number of hydrogen-bond donors (Lipinski definition) is 1. The highest BCUT2D eigenvalue weighted by molar-refractivity contribution is 6.32. The zero-order valence-electron chi connectivity index (χ0n) is 10.6. The second-order valence-electron chi connectivity index (χ2n) is 4.43. The molecular weight excluding hydrogens is 252 g/mol. The van der Waals surface area contributed by atoms with Crippen LogP contribution in [0.1, 0.15) is 12.8 Å². The first-order valence-corrected chi connectivity index (χ1v) is 6.62. The van der Waals surface area contributed by atoms with Crippen LogP contribution in [0.5, 0.6) is 0 Å². The monoisotopic (exact) mass is 270 g/mol. The molecule has 0 aliphatic carbocycles. The number of hydrogen-bond acceptors (Lipinski definition) is 5. The molecule has 2 heterocycles. The minimum absolute atomic E-state index is 0.507. The molecule has 0 aromatic carbocycles. The van der Waals surface area contributed by atoms with Gasteiger partial charge in [-0.2, -0.15) is 0 Å². The van der Waals surface area contributed by atoms with Crippen molar-refractivity contribution in [3.8, 4) is 0 Å². The SMILES string of the molecule is COCCN(CC1CCCN1)c1ncncc1Cl. The van der Waals surface area contributed by atoms with Gasteiger partial charge < -0.3 is 15.0 Å². The van der Waals surface area contributed by atoms with Crippen LogP contribution in [0.3, 0.4) is 0 Å². The van der Waals surface area contributed by atoms with E-state index in [0.717, 1.165) is 25.5 Å². The highest BCUT2D eigenvalue weighted by Gasteiger charge is 2.20. The number of nitrogens with one attached hydrogen (secondary N) is 1. The van der Waals surface area contributed by atoms with E-state index in [1.165, 1.54) is 19.2 Å². The first-order chi connectivity index (χ1) is 8.81. The number of ether oxygens (including phenoxy) is 1. The van der Waals surface area contributed by atoms with E-state index in [4.69, 9.17) is 16.3 Å². The topological polar surface area (TPSA) is 50.3 Å². The molecule has 18 heavy (non-hydrogen) atoms. The van der Waals surface area contributed by atoms with E-state index in [9.17, 15) is 0 Å². The van der Waals surface area contributed by atoms with E-state index >= 15 is 0 Å². The maximum Gasteiger partial charge on any atom is 0.150 e. The smallest absolute Gasteiger partial charge is 0.150 e. The minimum atomic E-state index is 0.507. The summed E-state index contributed by atoms with van der Waals surface area (Å²) in [6, 6.07) is 0.507. The minimum Gasteiger partial charge on any atom is -0.383 e. The van der Waals surface area contributed by atoms with Crippen molar-refractivity contribution in [1.82, 2.24) is 15.3 Å². The summed E-state index contributed by atoms with van der Waals surface area (Å²) in [5.74, 6) is 0.789. The summed E-state index contributed by atoms with van der Waals surface area (Å²) in [6.07, 6.45) is 5.60. The third-order valence-corrected chi connectivity index (χ3v) is 3.38. The predicted molar refractivity (Wildman–Crippen MR) is 72.2 cm³/mol. The molecule has 0 saturated carbocycles. The van der Waals surface area contributed by atoms with Gasteiger partial charge in [0.05, 0.1) is 12.8 Å². The zero-order valence-corrected chi connectivity index (χ0v) is 11.4. The van der Waals surface area contributed by atoms with Crippen molar-refractivity contribution in [3.63, 3.8) is 0 Å². The third-order valence-electron chi connectivity index (χ3n) is 3.12. The highest BCUT2D eigenvalue weighted by atomic mass is 35.5. The molecule has 1 fully saturated rings. The summed E-state index contributed by atoms with van der Waals surface area (Å²) in [5.41, 5.74) is 0. The summed E-state index contributed by atoms with van der Waals surface area (Å²) in [5, 5.41) is 4.07. The van der Waals surface area contributed by atoms with Gasteiger partial charge in [0.15, 0.2) is 5.82 Å². The fraction of sp³-hybridized carbons (Fsp3) is 0.667. The van der Waals surface area contributed by atoms with Gasteiger partial charge in [-0.05, 0) is 19.4 Å². The van der Waals surface area contributed by atoms with Crippen LogP contribution in [0.2, 0.25) is 5.02 Å². The number of methoxy groups -OCH3 is 1. The van der Waals surface area contributed by atoms with Crippen molar-refractivity contribution in [3.05, 3.63) is 17.5 Å². The Morgan fingerprint density at radius 1 is 1.61 bits per heavy atom. The Hall–Kier alpha value is -0.910. The summed E-state index contributed by atoms with van der Waals surface area (Å²) in [7, 11) is 1.70. The van der Waals surface area contributed by atoms with Crippen LogP contribution >= 0.6 is 11.6 Å². The molecule has 1 unspecified atom stereocenters. The molecule has 0 bridgehead atoms. The molecule has 2 rings (SSSR count). The van der Waals surface area contributed by atoms with Crippen molar-refractivity contribution in [1.29, 1.82) is 0 Å². The Kier molecular flexibility index (Phi) is 5.16. The molecule has 0 radical (unpaired) electrons. The van der Waals surface area contributed by atoms with E-state index < -0.39 is 0 Å². The van der Waals surface area contributed by atoms with Crippen LogP contribution in [-0.2, 0) is 4.74 Å². The quantitative estimate of drug-likeness (QED) is 0.845. The van der Waals surface area contributed by atoms with Crippen molar-refractivity contribution in [2.75, 3.05) is 38.3 Å². The molecule has 1 aliphatic rings. The van der Waals surface area contributed by atoms with Crippen molar-refractivity contribution in [2.45, 2.75) is 18.9 Å². The molecule has 6 heteroatoms. The average molecular weight is 271 g/mol. The highest BCUT2D eigenvalue weighted by Crippen LogP contribution is 2.22. The first-order valence-electron chi connectivity index (χ1n) is 6.24. The molecule has 1 aromatic heterocycles. The molecular formula is C12H19ClN4O. The lowest BCUT2D eigenvalue weighted by Gasteiger charge is -2.27. The fourth-order valence-corrected chi connectivity index (χ4v) is 2.43. The Bertz CT molecular complexity index is 371. The van der Waals surface area contributed by atoms with E-state index in [0.29, 0.717) is 17.7 Å². The Balaban J connectivity index is 2.06. The number of aromatic nitrogens is 2. The summed E-state index contributed by atoms with van der Waals surface area (Å²) in [4.78, 5) is 10.4. The Morgan fingerprint density at radius 2 is 2.50 bits per heavy atom. The van der Waals surface area contributed by atoms with Gasteiger partial charge in [0.1, 0.15) is 11.3 Å². The average Bonchev–Trinajstić information content (AvgIpc) is 2.88. The van der Waals surface area contributed by atoms with Gasteiger partial charge >= 0.3 is 0 Å². The molecule has 5 nitrogen and oxygen atoms in total. The van der Waals surface area contributed by atoms with Gasteiger partial charge in [0.25, 0.3) is 0 Å². The van der Waals surface area contributed by atoms with Crippen LogP contribution in [0.4, 0.5) is 5.82 Å². The van der Waals surface area contributed by atoms with Gasteiger partial charge in [-0.15, -0.1) is 0 Å². The van der Waals surface area contributed by atoms with E-state index in [-0.39, 0.29) is 0 Å². The third kappa shape index (κ3) is 3.54. The van der Waals surface area contributed by atoms with Crippen LogP contribution in [0.25, 0.3) is 0 Å². The van der Waals surface area contributed by atoms with Crippen LogP contribution in [0.15, 0.2) is 12.5 Å². The summed E-state index contributed by atoms with van der Waals surface area (Å²) >= 11 is 6.16. The number of anilines is 1. The van der Waals surface area contributed by atoms with Crippen LogP contribution in [-0.4, -0.2) is 49.4 Å². The van der Waals surface area contributed by atoms with Crippen LogP contribution < -0.4 is 10.2 Å². The molecule has 1 aromatic rings. The second-order valence-corrected chi connectivity index (χ2v) is 4.83. The van der Waals surface area contributed by atoms with Gasteiger partial charge in [-0.1, -0.05) is 11.6 Å². The van der Waals surface area contributed by atoms with E-state index in [1.807, 2.05) is 0 Å². The first kappa shape index (κ1) is 13.5. The van der Waals surface area contributed by atoms with Crippen LogP contribution in [0, 0.1) is 0 Å². The molecule has 1 aliphatic heterocycles. The molecule has 1 N–H and O–H groups in total. The molecule has 0 spiro atoms. The molecule has 100 valence electrons. The van der Waals surface area contributed by atoms with E-state index in [1.54, 1.807) is 13.3 Å². The maximum atomic E-state index is 6.16. The molecule has 0 amide bonds. The Labute approximate surface area is 113 Å². The predicted octanol–water partition coefficient (Wildman–Crippen LogP) is 1.33. The van der Waals surface area contributed by atoms with Gasteiger partial charge in [0, 0.05) is 26.2 Å². The molecule has 1 saturated heterocycles. The number of halogens is 1. The second kappa shape index (κ2) is 6.87. The van der Waals surface area contributed by atoms with Gasteiger partial charge in [-0.3, -0.25) is 0 Å². The lowest BCUT2D eigenvalue weighted by Crippen LogP contribution is -2.39. The standard InChI is InChI=1S/C12H19ClN4O/c1-18-6-5-17(8-10-3-2-4-15-10)12-11(13)7-14-9-16-12/h7,9-10,15H,2-6,8H2,1H3. The fourth-order valence-electron chi connectivity index (χ4n) is 2.20. The van der Waals surface area contributed by atoms with Crippen molar-refractivity contribution < 1.29 is 4.74 Å². The van der Waals surface area contributed by atoms with Crippen molar-refractivity contribution in [2.24, 2.45) is 0 Å². The number of nitrogens with zero attached hydrogens (tertiary/aromatic N) is 3. The molecule has 1 atom stereocenters. The van der Waals surface area contributed by atoms with Gasteiger partial charge in [0.2, 0.25) is 0 Å². The summed E-state index contributed by atoms with van der Waals surface area (Å²) in [6.45, 7) is 3.44. The number of rotatable bonds is 6. The maximum absolute atomic E-state index is 6.16. The summed E-state index contributed by atoms with van der Waals surface area (Å²) < 4.78 is 5.15.